The zero-order valence-corrected chi connectivity index (χ0v) is 25.1. The molecule has 8 nitrogen and oxygen atoms in total. The van der Waals surface area contributed by atoms with Crippen LogP contribution in [0.15, 0.2) is 46.0 Å². The maximum Gasteiger partial charge on any atom is 0.416 e. The summed E-state index contributed by atoms with van der Waals surface area (Å²) in [6, 6.07) is 6.07. The van der Waals surface area contributed by atoms with E-state index in [0.29, 0.717) is 12.5 Å². The van der Waals surface area contributed by atoms with Gasteiger partial charge in [-0.15, -0.1) is 0 Å². The van der Waals surface area contributed by atoms with Crippen molar-refractivity contribution in [2.24, 2.45) is 5.92 Å². The van der Waals surface area contributed by atoms with Crippen molar-refractivity contribution in [1.29, 1.82) is 0 Å². The number of carboxylic acid groups (broad SMARTS) is 1. The van der Waals surface area contributed by atoms with E-state index in [2.05, 4.69) is 5.32 Å². The molecule has 1 saturated carbocycles. The first-order valence-corrected chi connectivity index (χ1v) is 14.8. The number of aliphatic carboxylic acids is 1. The van der Waals surface area contributed by atoms with Crippen LogP contribution in [0.2, 0.25) is 0 Å². The largest absolute Gasteiger partial charge is 0.494 e. The van der Waals surface area contributed by atoms with Gasteiger partial charge in [0.2, 0.25) is 0 Å². The van der Waals surface area contributed by atoms with Crippen LogP contribution in [0.4, 0.5) is 22.0 Å². The summed E-state index contributed by atoms with van der Waals surface area (Å²) >= 11 is 0. The highest BCUT2D eigenvalue weighted by Gasteiger charge is 2.35. The van der Waals surface area contributed by atoms with E-state index in [1.165, 1.54) is 32.2 Å². The first kappa shape index (κ1) is 33.9. The van der Waals surface area contributed by atoms with Crippen molar-refractivity contribution in [3.8, 4) is 16.9 Å². The van der Waals surface area contributed by atoms with Crippen molar-refractivity contribution in [3.05, 3.63) is 85.7 Å². The van der Waals surface area contributed by atoms with Crippen LogP contribution in [0, 0.1) is 24.5 Å². The Bertz CT molecular complexity index is 1640. The molecule has 45 heavy (non-hydrogen) atoms. The quantitative estimate of drug-likeness (QED) is 0.194. The Hall–Kier alpha value is -4.00. The summed E-state index contributed by atoms with van der Waals surface area (Å²) in [5.74, 6) is -3.24. The topological polar surface area (TPSA) is 103 Å². The normalized spacial score (nSPS) is 14.8. The number of aromatic nitrogens is 2. The second kappa shape index (κ2) is 14.4. The molecule has 0 aliphatic heterocycles. The molecule has 1 aliphatic carbocycles. The van der Waals surface area contributed by atoms with Crippen molar-refractivity contribution in [3.63, 3.8) is 0 Å². The second-order valence-corrected chi connectivity index (χ2v) is 11.3. The molecule has 0 spiro atoms. The van der Waals surface area contributed by atoms with Crippen molar-refractivity contribution in [2.45, 2.75) is 77.2 Å². The van der Waals surface area contributed by atoms with Gasteiger partial charge < -0.3 is 15.2 Å². The van der Waals surface area contributed by atoms with Crippen LogP contribution < -0.4 is 21.3 Å². The first-order valence-electron chi connectivity index (χ1n) is 14.8. The Balaban J connectivity index is 1.92. The Morgan fingerprint density at radius 2 is 1.76 bits per heavy atom. The molecule has 0 bridgehead atoms. The number of benzene rings is 2. The van der Waals surface area contributed by atoms with Crippen molar-refractivity contribution >= 4 is 5.97 Å². The number of nitrogens with zero attached hydrogens (tertiary/aromatic N) is 2. The smallest absolute Gasteiger partial charge is 0.416 e. The number of ether oxygens (including phenoxy) is 1. The Kier molecular flexibility index (Phi) is 10.8. The fourth-order valence-electron chi connectivity index (χ4n) is 6.10. The minimum Gasteiger partial charge on any atom is -0.494 e. The maximum atomic E-state index is 15.6. The number of rotatable bonds is 12. The molecule has 1 atom stereocenters. The van der Waals surface area contributed by atoms with Gasteiger partial charge in [0.1, 0.15) is 5.82 Å². The van der Waals surface area contributed by atoms with E-state index in [4.69, 9.17) is 9.84 Å². The minimum absolute atomic E-state index is 0.0186. The van der Waals surface area contributed by atoms with E-state index >= 15 is 4.39 Å². The molecule has 4 rings (SSSR count). The second-order valence-electron chi connectivity index (χ2n) is 11.3. The molecule has 0 radical (unpaired) electrons. The molecule has 0 amide bonds. The van der Waals surface area contributed by atoms with E-state index in [0.717, 1.165) is 53.4 Å². The summed E-state index contributed by atoms with van der Waals surface area (Å²) in [6.45, 7) is 0.505. The van der Waals surface area contributed by atoms with Crippen LogP contribution in [-0.4, -0.2) is 39.9 Å². The van der Waals surface area contributed by atoms with Crippen molar-refractivity contribution < 1.29 is 36.6 Å². The average molecular weight is 638 g/mol. The van der Waals surface area contributed by atoms with Gasteiger partial charge in [0.15, 0.2) is 11.6 Å². The van der Waals surface area contributed by atoms with Gasteiger partial charge in [-0.05, 0) is 56.8 Å². The van der Waals surface area contributed by atoms with Crippen LogP contribution in [0.25, 0.3) is 11.1 Å². The zero-order chi connectivity index (χ0) is 32.9. The lowest BCUT2D eigenvalue weighted by molar-refractivity contribution is -0.138. The summed E-state index contributed by atoms with van der Waals surface area (Å²) in [4.78, 5) is 39.1. The van der Waals surface area contributed by atoms with Crippen molar-refractivity contribution in [2.75, 3.05) is 13.7 Å². The third-order valence-corrected chi connectivity index (χ3v) is 8.45. The van der Waals surface area contributed by atoms with Gasteiger partial charge >= 0.3 is 17.8 Å². The number of hydrogen-bond acceptors (Lipinski definition) is 5. The Labute approximate surface area is 256 Å². The predicted molar refractivity (Wildman–Crippen MR) is 157 cm³/mol. The van der Waals surface area contributed by atoms with Crippen LogP contribution in [0.3, 0.4) is 0 Å². The molecular formula is C32H36F5N3O5. The number of nitrogens with one attached hydrogen (secondary N) is 1. The zero-order valence-electron chi connectivity index (χ0n) is 25.1. The number of carboxylic acids is 1. The van der Waals surface area contributed by atoms with Crippen molar-refractivity contribution in [1.82, 2.24) is 14.5 Å². The van der Waals surface area contributed by atoms with E-state index in [1.807, 2.05) is 0 Å². The van der Waals surface area contributed by atoms with E-state index in [1.54, 1.807) is 0 Å². The third-order valence-electron chi connectivity index (χ3n) is 8.45. The monoisotopic (exact) mass is 637 g/mol. The molecule has 1 heterocycles. The van der Waals surface area contributed by atoms with Gasteiger partial charge in [0.05, 0.1) is 24.8 Å². The molecule has 13 heteroatoms. The number of hydrogen-bond donors (Lipinski definition) is 2. The standard InChI is InChI=1S/C32H36F5N3O5/c1-19-28(21-11-6-14-26(45-2)29(21)34)30(43)40(18-25(20-9-4-3-5-10-20)38-16-8-15-27(41)42)31(44)39(19)17-22-23(32(35,36)37)12-7-13-24(22)33/h6-7,11-14,20,25,38H,3-5,8-10,15-18H2,1-2H3,(H,41,42)/t25-/m0/s1. The fraction of sp³-hybridized carbons (Fsp3) is 0.469. The summed E-state index contributed by atoms with van der Waals surface area (Å²) in [7, 11) is 1.23. The highest BCUT2D eigenvalue weighted by molar-refractivity contribution is 5.67. The molecule has 1 aromatic heterocycles. The summed E-state index contributed by atoms with van der Waals surface area (Å²) in [5, 5.41) is 12.3. The molecule has 1 fully saturated rings. The lowest BCUT2D eigenvalue weighted by atomic mass is 9.83. The molecule has 244 valence electrons. The van der Waals surface area contributed by atoms with E-state index < -0.39 is 58.7 Å². The van der Waals surface area contributed by atoms with Crippen LogP contribution in [0.5, 0.6) is 5.75 Å². The first-order chi connectivity index (χ1) is 21.3. The van der Waals surface area contributed by atoms with E-state index in [9.17, 15) is 31.9 Å². The molecule has 3 aromatic rings. The highest BCUT2D eigenvalue weighted by atomic mass is 19.4. The molecular weight excluding hydrogens is 601 g/mol. The molecule has 0 saturated heterocycles. The summed E-state index contributed by atoms with van der Waals surface area (Å²) < 4.78 is 79.1. The number of halogens is 5. The minimum atomic E-state index is -4.93. The number of carbonyl (C=O) groups is 1. The van der Waals surface area contributed by atoms with E-state index in [-0.39, 0.29) is 48.0 Å². The van der Waals surface area contributed by atoms with Gasteiger partial charge in [0.25, 0.3) is 5.56 Å². The number of methoxy groups -OCH3 is 1. The van der Waals surface area contributed by atoms with Gasteiger partial charge in [-0.25, -0.2) is 13.6 Å². The van der Waals surface area contributed by atoms with Crippen LogP contribution in [-0.2, 0) is 24.1 Å². The Morgan fingerprint density at radius 1 is 1.07 bits per heavy atom. The van der Waals surface area contributed by atoms with Gasteiger partial charge in [-0.1, -0.05) is 37.5 Å². The van der Waals surface area contributed by atoms with Gasteiger partial charge in [-0.3, -0.25) is 18.7 Å². The lowest BCUT2D eigenvalue weighted by Crippen LogP contribution is -2.49. The summed E-state index contributed by atoms with van der Waals surface area (Å²) in [5.41, 5.74) is -4.56. The van der Waals surface area contributed by atoms with Gasteiger partial charge in [-0.2, -0.15) is 13.2 Å². The molecule has 2 aromatic carbocycles. The molecule has 0 unspecified atom stereocenters. The van der Waals surface area contributed by atoms with Crippen LogP contribution in [0.1, 0.15) is 61.8 Å². The Morgan fingerprint density at radius 3 is 2.40 bits per heavy atom. The maximum absolute atomic E-state index is 15.6. The number of alkyl halides is 3. The average Bonchev–Trinajstić information content (AvgIpc) is 2.99. The fourth-order valence-corrected chi connectivity index (χ4v) is 6.10. The summed E-state index contributed by atoms with van der Waals surface area (Å²) in [6.07, 6.45) is -0.318. The molecule has 2 N–H and O–H groups in total. The lowest BCUT2D eigenvalue weighted by Gasteiger charge is -2.32. The third kappa shape index (κ3) is 7.63. The van der Waals surface area contributed by atoms with Gasteiger partial charge in [0, 0.05) is 35.8 Å². The SMILES string of the molecule is COc1cccc(-c2c(C)n(Cc3c(F)cccc3C(F)(F)F)c(=O)n(C[C@H](NCCCC(=O)O)C3CCCCC3)c2=O)c1F. The highest BCUT2D eigenvalue weighted by Crippen LogP contribution is 2.34. The van der Waals surface area contributed by atoms with Crippen LogP contribution >= 0.6 is 0 Å². The predicted octanol–water partition coefficient (Wildman–Crippen LogP) is 5.74. The molecule has 1 aliphatic rings.